The molecule has 0 aliphatic rings. The van der Waals surface area contributed by atoms with Crippen LogP contribution < -0.4 is 20.7 Å². The highest BCUT2D eigenvalue weighted by Gasteiger charge is 2.12. The Morgan fingerprint density at radius 3 is 1.38 bits per heavy atom. The minimum Gasteiger partial charge on any atom is -0.495 e. The van der Waals surface area contributed by atoms with E-state index in [1.54, 1.807) is 51.0 Å². The molecule has 160 valence electrons. The van der Waals surface area contributed by atoms with Gasteiger partial charge in [0.15, 0.2) is 0 Å². The fraction of sp³-hybridized carbons (Fsp3) is 0.0833. The number of ether oxygens (including phenoxy) is 2. The molecule has 0 aliphatic carbocycles. The van der Waals surface area contributed by atoms with Crippen molar-refractivity contribution < 1.29 is 27.1 Å². The lowest BCUT2D eigenvalue weighted by Gasteiger charge is -2.04. The monoisotopic (exact) mass is 432 g/mol. The molecule has 0 amide bonds. The van der Waals surface area contributed by atoms with Gasteiger partial charge in [0.1, 0.15) is 33.8 Å². The molecule has 8 nitrogen and oxygen atoms in total. The van der Waals surface area contributed by atoms with Crippen LogP contribution >= 0.6 is 0 Å². The Bertz CT molecular complexity index is 1570. The van der Waals surface area contributed by atoms with Crippen molar-refractivity contribution in [3.05, 3.63) is 81.9 Å². The van der Waals surface area contributed by atoms with E-state index in [2.05, 4.69) is 0 Å². The zero-order chi connectivity index (χ0) is 22.2. The van der Waals surface area contributed by atoms with Crippen molar-refractivity contribution >= 4 is 43.9 Å². The van der Waals surface area contributed by atoms with Crippen molar-refractivity contribution in [2.24, 2.45) is 0 Å². The van der Waals surface area contributed by atoms with E-state index in [4.69, 9.17) is 27.1 Å². The molecule has 6 aromatic rings. The van der Waals surface area contributed by atoms with Crippen LogP contribution in [0.2, 0.25) is 0 Å². The first-order valence-corrected chi connectivity index (χ1v) is 9.55. The highest BCUT2D eigenvalue weighted by atomic mass is 16.5. The number of rotatable bonds is 2. The highest BCUT2D eigenvalue weighted by molar-refractivity contribution is 6.01. The Balaban J connectivity index is 0.000000135. The first-order chi connectivity index (χ1) is 15.6. The number of benzene rings is 2. The zero-order valence-electron chi connectivity index (χ0n) is 17.0. The van der Waals surface area contributed by atoms with Crippen LogP contribution in [0.1, 0.15) is 0 Å². The van der Waals surface area contributed by atoms with Gasteiger partial charge in [0.25, 0.3) is 0 Å². The Hall–Kier alpha value is -4.46. The van der Waals surface area contributed by atoms with Crippen LogP contribution in [0.25, 0.3) is 43.9 Å². The number of methoxy groups -OCH3 is 2. The predicted molar refractivity (Wildman–Crippen MR) is 118 cm³/mol. The highest BCUT2D eigenvalue weighted by Crippen LogP contribution is 2.35. The molecule has 0 fully saturated rings. The Kier molecular flexibility index (Phi) is 4.67. The van der Waals surface area contributed by atoms with Gasteiger partial charge in [-0.3, -0.25) is 0 Å². The summed E-state index contributed by atoms with van der Waals surface area (Å²) in [5.41, 5.74) is 1.43. The molecule has 32 heavy (non-hydrogen) atoms. The molecule has 0 atom stereocenters. The SMILES string of the molecule is COc1c2ccoc2cc2oc(=O)ccc12.COc1c2ccoc2cc2oc(=O)ccc12. The standard InChI is InChI=1S/2C12H8O4/c2*1-14-12-7-2-3-11(13)16-10(7)6-9-8(12)4-5-15-9/h2*2-6H,1H3. The molecule has 8 heteroatoms. The van der Waals surface area contributed by atoms with E-state index in [0.29, 0.717) is 33.8 Å². The maximum Gasteiger partial charge on any atom is 0.336 e. The molecule has 0 spiro atoms. The summed E-state index contributed by atoms with van der Waals surface area (Å²) >= 11 is 0. The van der Waals surface area contributed by atoms with Gasteiger partial charge < -0.3 is 27.1 Å². The van der Waals surface area contributed by atoms with Crippen LogP contribution in [0.4, 0.5) is 0 Å². The zero-order valence-corrected chi connectivity index (χ0v) is 17.0. The van der Waals surface area contributed by atoms with Crippen molar-refractivity contribution in [1.29, 1.82) is 0 Å². The van der Waals surface area contributed by atoms with E-state index in [-0.39, 0.29) is 11.3 Å². The molecule has 0 N–H and O–H groups in total. The van der Waals surface area contributed by atoms with Gasteiger partial charge in [-0.15, -0.1) is 0 Å². The van der Waals surface area contributed by atoms with E-state index < -0.39 is 0 Å². The summed E-state index contributed by atoms with van der Waals surface area (Å²) in [6.07, 6.45) is 3.15. The Morgan fingerprint density at radius 2 is 0.969 bits per heavy atom. The molecule has 0 radical (unpaired) electrons. The number of hydrogen-bond acceptors (Lipinski definition) is 8. The smallest absolute Gasteiger partial charge is 0.336 e. The third-order valence-corrected chi connectivity index (χ3v) is 5.03. The lowest BCUT2D eigenvalue weighted by atomic mass is 10.1. The quantitative estimate of drug-likeness (QED) is 0.348. The Labute approximate surface area is 179 Å². The summed E-state index contributed by atoms with van der Waals surface area (Å²) in [6.45, 7) is 0. The average Bonchev–Trinajstić information content (AvgIpc) is 3.45. The fourth-order valence-corrected chi connectivity index (χ4v) is 3.66. The van der Waals surface area contributed by atoms with Gasteiger partial charge in [0.2, 0.25) is 0 Å². The van der Waals surface area contributed by atoms with E-state index in [1.807, 2.05) is 12.1 Å². The molecular weight excluding hydrogens is 416 g/mol. The summed E-state index contributed by atoms with van der Waals surface area (Å²) in [5, 5.41) is 3.25. The number of fused-ring (bicyclic) bond motifs is 4. The first kappa shape index (κ1) is 19.5. The topological polar surface area (TPSA) is 105 Å². The van der Waals surface area contributed by atoms with Crippen molar-refractivity contribution in [2.45, 2.75) is 0 Å². The van der Waals surface area contributed by atoms with E-state index in [0.717, 1.165) is 21.5 Å². The first-order valence-electron chi connectivity index (χ1n) is 9.55. The van der Waals surface area contributed by atoms with Crippen molar-refractivity contribution in [3.63, 3.8) is 0 Å². The van der Waals surface area contributed by atoms with Gasteiger partial charge in [-0.1, -0.05) is 0 Å². The van der Waals surface area contributed by atoms with Crippen LogP contribution in [-0.4, -0.2) is 14.2 Å². The maximum absolute atomic E-state index is 11.1. The molecule has 0 unspecified atom stereocenters. The Morgan fingerprint density at radius 1 is 0.562 bits per heavy atom. The second-order valence-electron chi connectivity index (χ2n) is 6.82. The lowest BCUT2D eigenvalue weighted by molar-refractivity contribution is 0.423. The summed E-state index contributed by atoms with van der Waals surface area (Å²) in [4.78, 5) is 22.2. The summed E-state index contributed by atoms with van der Waals surface area (Å²) in [6, 6.07) is 13.1. The third kappa shape index (κ3) is 3.18. The molecule has 0 saturated carbocycles. The van der Waals surface area contributed by atoms with Crippen LogP contribution in [0.15, 0.2) is 88.3 Å². The molecule has 2 aromatic carbocycles. The number of hydrogen-bond donors (Lipinski definition) is 0. The normalized spacial score (nSPS) is 11.1. The van der Waals surface area contributed by atoms with Gasteiger partial charge >= 0.3 is 11.3 Å². The minimum absolute atomic E-state index is 0.388. The van der Waals surface area contributed by atoms with Crippen LogP contribution in [0, 0.1) is 0 Å². The average molecular weight is 432 g/mol. The molecular formula is C24H16O8. The summed E-state index contributed by atoms with van der Waals surface area (Å²) in [7, 11) is 3.15. The van der Waals surface area contributed by atoms with Gasteiger partial charge in [0, 0.05) is 24.3 Å². The molecule has 0 bridgehead atoms. The van der Waals surface area contributed by atoms with Gasteiger partial charge in [-0.25, -0.2) is 9.59 Å². The van der Waals surface area contributed by atoms with E-state index >= 15 is 0 Å². The molecule has 4 aromatic heterocycles. The van der Waals surface area contributed by atoms with Gasteiger partial charge in [-0.05, 0) is 24.3 Å². The fourth-order valence-electron chi connectivity index (χ4n) is 3.66. The molecule has 0 saturated heterocycles. The van der Waals surface area contributed by atoms with Crippen molar-refractivity contribution in [3.8, 4) is 11.5 Å². The molecule has 0 aliphatic heterocycles. The van der Waals surface area contributed by atoms with Crippen molar-refractivity contribution in [2.75, 3.05) is 14.2 Å². The third-order valence-electron chi connectivity index (χ3n) is 5.03. The van der Waals surface area contributed by atoms with Crippen molar-refractivity contribution in [1.82, 2.24) is 0 Å². The second-order valence-corrected chi connectivity index (χ2v) is 6.82. The lowest BCUT2D eigenvalue weighted by Crippen LogP contribution is -1.95. The number of furan rings is 2. The van der Waals surface area contributed by atoms with E-state index in [9.17, 15) is 9.59 Å². The minimum atomic E-state index is -0.388. The molecule has 6 rings (SSSR count). The van der Waals surface area contributed by atoms with Gasteiger partial charge in [-0.2, -0.15) is 0 Å². The van der Waals surface area contributed by atoms with Crippen LogP contribution in [0.3, 0.4) is 0 Å². The second kappa shape index (κ2) is 7.66. The van der Waals surface area contributed by atoms with Gasteiger partial charge in [0.05, 0.1) is 48.3 Å². The molecule has 4 heterocycles. The van der Waals surface area contributed by atoms with Crippen LogP contribution in [0.5, 0.6) is 11.5 Å². The summed E-state index contributed by atoms with van der Waals surface area (Å²) in [5.74, 6) is 1.31. The maximum atomic E-state index is 11.1. The summed E-state index contributed by atoms with van der Waals surface area (Å²) < 4.78 is 31.3. The predicted octanol–water partition coefficient (Wildman–Crippen LogP) is 5.10. The van der Waals surface area contributed by atoms with E-state index in [1.165, 1.54) is 12.1 Å². The largest absolute Gasteiger partial charge is 0.495 e. The van der Waals surface area contributed by atoms with Crippen LogP contribution in [-0.2, 0) is 0 Å².